The van der Waals surface area contributed by atoms with E-state index in [0.29, 0.717) is 12.8 Å². The predicted octanol–water partition coefficient (Wildman–Crippen LogP) is 3.30. The first-order valence-corrected chi connectivity index (χ1v) is 9.34. The van der Waals surface area contributed by atoms with Crippen LogP contribution in [-0.4, -0.2) is 43.5 Å². The Morgan fingerprint density at radius 1 is 1.18 bits per heavy atom. The van der Waals surface area contributed by atoms with E-state index in [1.54, 1.807) is 12.1 Å². The lowest BCUT2D eigenvalue weighted by Crippen LogP contribution is -2.47. The second-order valence-corrected chi connectivity index (χ2v) is 7.51. The largest absolute Gasteiger partial charge is 0.480 e. The maximum atomic E-state index is 13.5. The van der Waals surface area contributed by atoms with Crippen molar-refractivity contribution in [2.45, 2.75) is 56.9 Å². The van der Waals surface area contributed by atoms with Gasteiger partial charge in [-0.25, -0.2) is 9.78 Å². The van der Waals surface area contributed by atoms with Crippen molar-refractivity contribution in [1.82, 2.24) is 14.5 Å². The van der Waals surface area contributed by atoms with Crippen LogP contribution in [0.1, 0.15) is 37.9 Å². The summed E-state index contributed by atoms with van der Waals surface area (Å²) in [7, 11) is 0. The number of carboxylic acid groups (broad SMARTS) is 1. The quantitative estimate of drug-likeness (QED) is 0.865. The van der Waals surface area contributed by atoms with Crippen LogP contribution < -0.4 is 0 Å². The summed E-state index contributed by atoms with van der Waals surface area (Å²) in [6, 6.07) is 4.90. The number of likely N-dealkylation sites (tertiary alicyclic amines) is 1. The Morgan fingerprint density at radius 2 is 1.89 bits per heavy atom. The van der Waals surface area contributed by atoms with Crippen LogP contribution in [0.5, 0.6) is 0 Å². The fraction of sp³-hybridized carbons (Fsp3) is 0.526. The number of carbonyl (C=O) groups excluding carboxylic acids is 1. The van der Waals surface area contributed by atoms with Crippen LogP contribution in [0.3, 0.4) is 0 Å². The van der Waals surface area contributed by atoms with Gasteiger partial charge in [0.1, 0.15) is 12.6 Å². The molecule has 0 radical (unpaired) electrons. The fourth-order valence-corrected chi connectivity index (χ4v) is 4.71. The third-order valence-electron chi connectivity index (χ3n) is 5.86. The second kappa shape index (κ2) is 6.79. The number of aliphatic carboxylic acids is 1. The van der Waals surface area contributed by atoms with E-state index < -0.39 is 36.5 Å². The number of carbonyl (C=O) groups is 2. The molecule has 1 saturated carbocycles. The SMILES string of the molecule is O=C(O)C1CC2CCCCC2N1C(=O)Cn1c(C(F)(F)F)nc2ccccc21. The molecule has 1 saturated heterocycles. The number of rotatable bonds is 3. The van der Waals surface area contributed by atoms with Crippen molar-refractivity contribution < 1.29 is 27.9 Å². The van der Waals surface area contributed by atoms with Gasteiger partial charge in [0, 0.05) is 6.04 Å². The monoisotopic (exact) mass is 395 g/mol. The van der Waals surface area contributed by atoms with Crippen LogP contribution in [0, 0.1) is 5.92 Å². The van der Waals surface area contributed by atoms with E-state index in [4.69, 9.17) is 0 Å². The molecule has 6 nitrogen and oxygen atoms in total. The lowest BCUT2D eigenvalue weighted by Gasteiger charge is -2.33. The van der Waals surface area contributed by atoms with Gasteiger partial charge in [-0.3, -0.25) is 4.79 Å². The van der Waals surface area contributed by atoms with Gasteiger partial charge in [-0.1, -0.05) is 25.0 Å². The summed E-state index contributed by atoms with van der Waals surface area (Å²) in [5.41, 5.74) is 0.351. The highest BCUT2D eigenvalue weighted by Gasteiger charge is 2.48. The lowest BCUT2D eigenvalue weighted by atomic mass is 9.85. The number of amides is 1. The molecule has 3 atom stereocenters. The summed E-state index contributed by atoms with van der Waals surface area (Å²) >= 11 is 0. The summed E-state index contributed by atoms with van der Waals surface area (Å²) < 4.78 is 41.3. The van der Waals surface area contributed by atoms with Gasteiger partial charge in [-0.15, -0.1) is 0 Å². The van der Waals surface area contributed by atoms with Crippen LogP contribution in [0.2, 0.25) is 0 Å². The molecule has 1 aliphatic carbocycles. The number of nitrogens with zero attached hydrogens (tertiary/aromatic N) is 3. The van der Waals surface area contributed by atoms with Crippen LogP contribution in [0.25, 0.3) is 11.0 Å². The summed E-state index contributed by atoms with van der Waals surface area (Å²) in [6.45, 7) is -0.581. The summed E-state index contributed by atoms with van der Waals surface area (Å²) in [5, 5.41) is 9.57. The first kappa shape index (κ1) is 18.8. The Morgan fingerprint density at radius 3 is 2.61 bits per heavy atom. The van der Waals surface area contributed by atoms with Gasteiger partial charge >= 0.3 is 12.1 Å². The summed E-state index contributed by atoms with van der Waals surface area (Å²) in [5.74, 6) is -2.75. The molecule has 28 heavy (non-hydrogen) atoms. The zero-order valence-corrected chi connectivity index (χ0v) is 15.0. The molecule has 1 amide bonds. The van der Waals surface area contributed by atoms with E-state index in [-0.39, 0.29) is 23.0 Å². The summed E-state index contributed by atoms with van der Waals surface area (Å²) in [4.78, 5) is 29.7. The Balaban J connectivity index is 1.70. The van der Waals surface area contributed by atoms with Crippen LogP contribution in [0.15, 0.2) is 24.3 Å². The van der Waals surface area contributed by atoms with Gasteiger partial charge in [-0.2, -0.15) is 13.2 Å². The fourth-order valence-electron chi connectivity index (χ4n) is 4.71. The molecule has 2 heterocycles. The highest BCUT2D eigenvalue weighted by atomic mass is 19.4. The molecule has 9 heteroatoms. The molecule has 0 bridgehead atoms. The normalized spacial score (nSPS) is 25.1. The number of alkyl halides is 3. The minimum Gasteiger partial charge on any atom is -0.480 e. The number of imidazole rings is 1. The van der Waals surface area contributed by atoms with Gasteiger partial charge in [0.15, 0.2) is 0 Å². The van der Waals surface area contributed by atoms with E-state index in [1.165, 1.54) is 17.0 Å². The Labute approximate surface area is 158 Å². The molecule has 3 unspecified atom stereocenters. The zero-order chi connectivity index (χ0) is 20.1. The van der Waals surface area contributed by atoms with Gasteiger partial charge in [-0.05, 0) is 37.3 Å². The van der Waals surface area contributed by atoms with Gasteiger partial charge in [0.2, 0.25) is 11.7 Å². The number of benzene rings is 1. The number of aromatic nitrogens is 2. The maximum absolute atomic E-state index is 13.5. The number of carboxylic acids is 1. The zero-order valence-electron chi connectivity index (χ0n) is 15.0. The average molecular weight is 395 g/mol. The second-order valence-electron chi connectivity index (χ2n) is 7.51. The van der Waals surface area contributed by atoms with E-state index in [9.17, 15) is 27.9 Å². The standard InChI is InChI=1S/C19H20F3N3O3/c20-19(21,22)18-23-12-6-2-4-8-14(12)24(18)10-16(26)25-13-7-3-1-5-11(13)9-15(25)17(27)28/h2,4,6,8,11,13,15H,1,3,5,7,9-10H2,(H,27,28). The molecule has 1 aromatic carbocycles. The van der Waals surface area contributed by atoms with E-state index in [1.807, 2.05) is 0 Å². The Bertz CT molecular complexity index is 924. The molecular formula is C19H20F3N3O3. The number of fused-ring (bicyclic) bond motifs is 2. The molecule has 4 rings (SSSR count). The molecule has 150 valence electrons. The number of hydrogen-bond acceptors (Lipinski definition) is 3. The van der Waals surface area contributed by atoms with E-state index in [0.717, 1.165) is 23.8 Å². The average Bonchev–Trinajstić information content (AvgIpc) is 3.20. The van der Waals surface area contributed by atoms with Gasteiger partial charge < -0.3 is 14.6 Å². The molecule has 1 N–H and O–H groups in total. The Kier molecular flexibility index (Phi) is 4.55. The molecule has 2 aliphatic rings. The molecule has 2 aromatic rings. The summed E-state index contributed by atoms with van der Waals surface area (Å²) in [6.07, 6.45) is -0.942. The number of para-hydroxylation sites is 2. The molecule has 0 spiro atoms. The first-order valence-electron chi connectivity index (χ1n) is 9.34. The molecule has 1 aromatic heterocycles. The molecule has 1 aliphatic heterocycles. The first-order chi connectivity index (χ1) is 13.3. The van der Waals surface area contributed by atoms with Crippen molar-refractivity contribution in [1.29, 1.82) is 0 Å². The number of halogens is 3. The highest BCUT2D eigenvalue weighted by Crippen LogP contribution is 2.40. The van der Waals surface area contributed by atoms with Crippen LogP contribution in [-0.2, 0) is 22.3 Å². The lowest BCUT2D eigenvalue weighted by molar-refractivity contribution is -0.152. The third-order valence-corrected chi connectivity index (χ3v) is 5.86. The Hall–Kier alpha value is -2.58. The molecular weight excluding hydrogens is 375 g/mol. The van der Waals surface area contributed by atoms with Gasteiger partial charge in [0.25, 0.3) is 0 Å². The maximum Gasteiger partial charge on any atom is 0.449 e. The van der Waals surface area contributed by atoms with Crippen molar-refractivity contribution in [3.8, 4) is 0 Å². The van der Waals surface area contributed by atoms with Crippen molar-refractivity contribution in [2.24, 2.45) is 5.92 Å². The van der Waals surface area contributed by atoms with Crippen molar-refractivity contribution in [2.75, 3.05) is 0 Å². The smallest absolute Gasteiger partial charge is 0.449 e. The third kappa shape index (κ3) is 3.12. The van der Waals surface area contributed by atoms with Crippen LogP contribution >= 0.6 is 0 Å². The van der Waals surface area contributed by atoms with Crippen molar-refractivity contribution in [3.63, 3.8) is 0 Å². The highest BCUT2D eigenvalue weighted by molar-refractivity contribution is 5.86. The number of hydrogen-bond donors (Lipinski definition) is 1. The topological polar surface area (TPSA) is 75.4 Å². The minimum absolute atomic E-state index is 0.0976. The van der Waals surface area contributed by atoms with E-state index >= 15 is 0 Å². The van der Waals surface area contributed by atoms with Crippen molar-refractivity contribution in [3.05, 3.63) is 30.1 Å². The molecule has 2 fully saturated rings. The van der Waals surface area contributed by atoms with E-state index in [2.05, 4.69) is 4.98 Å². The minimum atomic E-state index is -4.72. The van der Waals surface area contributed by atoms with Crippen LogP contribution in [0.4, 0.5) is 13.2 Å². The van der Waals surface area contributed by atoms with Gasteiger partial charge in [0.05, 0.1) is 11.0 Å². The predicted molar refractivity (Wildman–Crippen MR) is 93.4 cm³/mol. The van der Waals surface area contributed by atoms with Crippen molar-refractivity contribution >= 4 is 22.9 Å².